The summed E-state index contributed by atoms with van der Waals surface area (Å²) in [7, 11) is 2.90. The van der Waals surface area contributed by atoms with E-state index in [1.54, 1.807) is 6.92 Å². The number of thioether (sulfide) groups is 1. The zero-order chi connectivity index (χ0) is 18.7. The van der Waals surface area contributed by atoms with Crippen LogP contribution in [-0.4, -0.2) is 20.3 Å². The highest BCUT2D eigenvalue weighted by molar-refractivity contribution is 7.99. The first-order valence-corrected chi connectivity index (χ1v) is 8.39. The van der Waals surface area contributed by atoms with Crippen molar-refractivity contribution in [2.75, 3.05) is 5.32 Å². The molecule has 0 fully saturated rings. The van der Waals surface area contributed by atoms with Crippen LogP contribution in [0, 0.1) is 11.6 Å². The van der Waals surface area contributed by atoms with Crippen molar-refractivity contribution in [1.29, 1.82) is 0 Å². The van der Waals surface area contributed by atoms with Gasteiger partial charge in [0.25, 0.3) is 5.56 Å². The number of aromatic nitrogens is 2. The summed E-state index contributed by atoms with van der Waals surface area (Å²) in [6.07, 6.45) is 0. The second kappa shape index (κ2) is 7.64. The average molecular weight is 369 g/mol. The zero-order valence-electron chi connectivity index (χ0n) is 13.9. The molecule has 1 aromatic heterocycles. The lowest BCUT2D eigenvalue weighted by molar-refractivity contribution is -0.115. The second-order valence-electron chi connectivity index (χ2n) is 5.41. The predicted octanol–water partition coefficient (Wildman–Crippen LogP) is 1.62. The number of halogens is 2. The third-order valence-corrected chi connectivity index (χ3v) is 4.86. The van der Waals surface area contributed by atoms with Crippen LogP contribution in [0.25, 0.3) is 0 Å². The molecular weight excluding hydrogens is 352 g/mol. The van der Waals surface area contributed by atoms with Gasteiger partial charge in [0.15, 0.2) is 0 Å². The lowest BCUT2D eigenvalue weighted by Crippen LogP contribution is -2.38. The molecule has 6 nitrogen and oxygen atoms in total. The van der Waals surface area contributed by atoms with Gasteiger partial charge in [-0.25, -0.2) is 13.6 Å². The number of nitrogens with zero attached hydrogens (tertiary/aromatic N) is 2. The van der Waals surface area contributed by atoms with Crippen LogP contribution >= 0.6 is 11.8 Å². The third kappa shape index (κ3) is 4.16. The first-order valence-electron chi connectivity index (χ1n) is 7.34. The van der Waals surface area contributed by atoms with Gasteiger partial charge in [0.2, 0.25) is 5.91 Å². The minimum Gasteiger partial charge on any atom is -0.320 e. The minimum absolute atomic E-state index is 0.218. The van der Waals surface area contributed by atoms with Gasteiger partial charge in [-0.05, 0) is 19.1 Å². The van der Waals surface area contributed by atoms with Crippen molar-refractivity contribution in [3.8, 4) is 0 Å². The number of para-hydroxylation sites is 1. The molecule has 1 aromatic carbocycles. The van der Waals surface area contributed by atoms with Gasteiger partial charge in [-0.3, -0.25) is 18.7 Å². The summed E-state index contributed by atoms with van der Waals surface area (Å²) in [6.45, 7) is 1.57. The summed E-state index contributed by atoms with van der Waals surface area (Å²) in [4.78, 5) is 35.7. The van der Waals surface area contributed by atoms with Crippen LogP contribution < -0.4 is 16.6 Å². The first kappa shape index (κ1) is 18.9. The summed E-state index contributed by atoms with van der Waals surface area (Å²) >= 11 is 1.14. The third-order valence-electron chi connectivity index (χ3n) is 3.69. The molecule has 9 heteroatoms. The molecule has 134 valence electrons. The fraction of sp³-hybridized carbons (Fsp3) is 0.312. The molecule has 0 saturated carbocycles. The van der Waals surface area contributed by atoms with E-state index in [0.717, 1.165) is 28.5 Å². The van der Waals surface area contributed by atoms with Crippen LogP contribution in [0.1, 0.15) is 12.6 Å². The summed E-state index contributed by atoms with van der Waals surface area (Å²) in [6, 6.07) is 4.61. The summed E-state index contributed by atoms with van der Waals surface area (Å²) in [5.41, 5.74) is -0.950. The van der Waals surface area contributed by atoms with Gasteiger partial charge in [0.05, 0.1) is 5.25 Å². The van der Waals surface area contributed by atoms with Gasteiger partial charge in [-0.15, -0.1) is 11.8 Å². The predicted molar refractivity (Wildman–Crippen MR) is 92.7 cm³/mol. The molecule has 2 aromatic rings. The first-order chi connectivity index (χ1) is 11.7. The second-order valence-corrected chi connectivity index (χ2v) is 6.74. The lowest BCUT2D eigenvalue weighted by Gasteiger charge is -2.14. The summed E-state index contributed by atoms with van der Waals surface area (Å²) < 4.78 is 29.4. The lowest BCUT2D eigenvalue weighted by atomic mass is 10.3. The maximum atomic E-state index is 13.6. The Labute approximate surface area is 146 Å². The SMILES string of the molecule is CC(SCc1cc(=O)n(C)c(=O)n1C)C(=O)Nc1c(F)cccc1F. The van der Waals surface area contributed by atoms with Crippen LogP contribution in [0.2, 0.25) is 0 Å². The topological polar surface area (TPSA) is 73.1 Å². The number of carbonyl (C=O) groups is 1. The molecule has 1 atom stereocenters. The Morgan fingerprint density at radius 2 is 1.80 bits per heavy atom. The van der Waals surface area contributed by atoms with Crippen molar-refractivity contribution in [2.45, 2.75) is 17.9 Å². The number of benzene rings is 1. The molecule has 0 aliphatic carbocycles. The highest BCUT2D eigenvalue weighted by Gasteiger charge is 2.18. The van der Waals surface area contributed by atoms with Gasteiger partial charge >= 0.3 is 5.69 Å². The van der Waals surface area contributed by atoms with Gasteiger partial charge < -0.3 is 5.32 Å². The Morgan fingerprint density at radius 3 is 2.40 bits per heavy atom. The van der Waals surface area contributed by atoms with E-state index in [4.69, 9.17) is 0 Å². The number of carbonyl (C=O) groups excluding carboxylic acids is 1. The molecule has 1 amide bonds. The van der Waals surface area contributed by atoms with Crippen LogP contribution in [0.4, 0.5) is 14.5 Å². The van der Waals surface area contributed by atoms with E-state index in [0.29, 0.717) is 5.69 Å². The normalized spacial score (nSPS) is 12.0. The summed E-state index contributed by atoms with van der Waals surface area (Å²) in [5.74, 6) is -2.09. The van der Waals surface area contributed by atoms with E-state index >= 15 is 0 Å². The highest BCUT2D eigenvalue weighted by atomic mass is 32.2. The van der Waals surface area contributed by atoms with Crippen LogP contribution in [0.3, 0.4) is 0 Å². The molecular formula is C16H17F2N3O3S. The molecule has 1 N–H and O–H groups in total. The zero-order valence-corrected chi connectivity index (χ0v) is 14.7. The minimum atomic E-state index is -0.862. The number of hydrogen-bond acceptors (Lipinski definition) is 4. The van der Waals surface area contributed by atoms with E-state index in [1.165, 1.54) is 30.8 Å². The molecule has 0 radical (unpaired) electrons. The monoisotopic (exact) mass is 369 g/mol. The molecule has 0 aliphatic heterocycles. The van der Waals surface area contributed by atoms with Crippen LogP contribution in [0.5, 0.6) is 0 Å². The molecule has 1 unspecified atom stereocenters. The molecule has 25 heavy (non-hydrogen) atoms. The Kier molecular flexibility index (Phi) is 5.78. The Bertz CT molecular complexity index is 904. The van der Waals surface area contributed by atoms with Crippen molar-refractivity contribution >= 4 is 23.4 Å². The van der Waals surface area contributed by atoms with E-state index in [1.807, 2.05) is 0 Å². The standard InChI is InChI=1S/C16H17F2N3O3S/c1-9(15(23)19-14-11(17)5-4-6-12(14)18)25-8-10-7-13(22)21(3)16(24)20(10)2/h4-7,9H,8H2,1-3H3,(H,19,23). The van der Waals surface area contributed by atoms with E-state index < -0.39 is 39.7 Å². The maximum absolute atomic E-state index is 13.6. The van der Waals surface area contributed by atoms with E-state index in [2.05, 4.69) is 5.32 Å². The molecule has 0 spiro atoms. The maximum Gasteiger partial charge on any atom is 0.330 e. The molecule has 1 heterocycles. The Hall–Kier alpha value is -2.42. The van der Waals surface area contributed by atoms with Crippen molar-refractivity contribution in [2.24, 2.45) is 14.1 Å². The van der Waals surface area contributed by atoms with Crippen LogP contribution in [0.15, 0.2) is 33.9 Å². The molecule has 0 aliphatic rings. The van der Waals surface area contributed by atoms with Crippen molar-refractivity contribution < 1.29 is 13.6 Å². The van der Waals surface area contributed by atoms with Gasteiger partial charge in [-0.2, -0.15) is 0 Å². The number of amides is 1. The van der Waals surface area contributed by atoms with Crippen molar-refractivity contribution in [3.63, 3.8) is 0 Å². The Balaban J connectivity index is 2.08. The van der Waals surface area contributed by atoms with Crippen LogP contribution in [-0.2, 0) is 24.6 Å². The van der Waals surface area contributed by atoms with Gasteiger partial charge in [-0.1, -0.05) is 6.07 Å². The van der Waals surface area contributed by atoms with Crippen molar-refractivity contribution in [3.05, 3.63) is 62.4 Å². The number of nitrogens with one attached hydrogen (secondary N) is 1. The molecule has 0 saturated heterocycles. The smallest absolute Gasteiger partial charge is 0.320 e. The van der Waals surface area contributed by atoms with Crippen molar-refractivity contribution in [1.82, 2.24) is 9.13 Å². The highest BCUT2D eigenvalue weighted by Crippen LogP contribution is 2.21. The molecule has 2 rings (SSSR count). The van der Waals surface area contributed by atoms with Gasteiger partial charge in [0.1, 0.15) is 17.3 Å². The van der Waals surface area contributed by atoms with Gasteiger partial charge in [0, 0.05) is 31.6 Å². The number of rotatable bonds is 5. The largest absolute Gasteiger partial charge is 0.330 e. The fourth-order valence-corrected chi connectivity index (χ4v) is 2.95. The Morgan fingerprint density at radius 1 is 1.20 bits per heavy atom. The molecule has 0 bridgehead atoms. The number of hydrogen-bond donors (Lipinski definition) is 1. The fourth-order valence-electron chi connectivity index (χ4n) is 2.04. The summed E-state index contributed by atoms with van der Waals surface area (Å²) in [5, 5.41) is 1.56. The van der Waals surface area contributed by atoms with E-state index in [9.17, 15) is 23.2 Å². The average Bonchev–Trinajstić information content (AvgIpc) is 2.57. The van der Waals surface area contributed by atoms with E-state index in [-0.39, 0.29) is 5.75 Å². The number of anilines is 1. The quantitative estimate of drug-likeness (QED) is 0.869.